The molecule has 2 aromatic heterocycles. The minimum absolute atomic E-state index is 0.169. The Labute approximate surface area is 170 Å². The molecule has 0 aromatic carbocycles. The van der Waals surface area contributed by atoms with Crippen LogP contribution in [-0.4, -0.2) is 106 Å². The lowest BCUT2D eigenvalue weighted by atomic mass is 9.91. The van der Waals surface area contributed by atoms with E-state index in [2.05, 4.69) is 24.9 Å². The van der Waals surface area contributed by atoms with Crippen LogP contribution in [0.4, 0.5) is 5.82 Å². The smallest absolute Gasteiger partial charge is 0.255 e. The molecule has 29 heavy (non-hydrogen) atoms. The van der Waals surface area contributed by atoms with Gasteiger partial charge in [-0.05, 0) is 19.8 Å². The number of hydrogen-bond acceptors (Lipinski definition) is 8. The summed E-state index contributed by atoms with van der Waals surface area (Å²) in [7, 11) is 1.62. The number of rotatable bonds is 6. The van der Waals surface area contributed by atoms with Crippen LogP contribution in [0, 0.1) is 6.92 Å². The third-order valence-corrected chi connectivity index (χ3v) is 5.81. The van der Waals surface area contributed by atoms with Gasteiger partial charge < -0.3 is 19.6 Å². The molecule has 4 heterocycles. The molecule has 1 atom stereocenters. The van der Waals surface area contributed by atoms with Crippen molar-refractivity contribution < 1.29 is 14.6 Å². The predicted octanol–water partition coefficient (Wildman–Crippen LogP) is -0.445. The maximum absolute atomic E-state index is 12.8. The molecule has 2 saturated heterocycles. The summed E-state index contributed by atoms with van der Waals surface area (Å²) in [5, 5.41) is 15.4. The van der Waals surface area contributed by atoms with Gasteiger partial charge in [-0.3, -0.25) is 9.69 Å². The monoisotopic (exact) mass is 403 g/mol. The minimum Gasteiger partial charge on any atom is -0.383 e. The van der Waals surface area contributed by atoms with Crippen LogP contribution in [0.5, 0.6) is 0 Å². The summed E-state index contributed by atoms with van der Waals surface area (Å²) < 4.78 is 6.85. The van der Waals surface area contributed by atoms with Crippen molar-refractivity contribution in [2.45, 2.75) is 25.4 Å². The quantitative estimate of drug-likeness (QED) is 0.693. The van der Waals surface area contributed by atoms with E-state index in [1.807, 2.05) is 13.0 Å². The third kappa shape index (κ3) is 4.05. The van der Waals surface area contributed by atoms with Gasteiger partial charge in [0.1, 0.15) is 12.1 Å². The number of hydrogen-bond donors (Lipinski definition) is 1. The highest BCUT2D eigenvalue weighted by molar-refractivity contribution is 5.86. The number of aryl methyl sites for hydroxylation is 1. The van der Waals surface area contributed by atoms with Gasteiger partial charge in [0, 0.05) is 64.7 Å². The van der Waals surface area contributed by atoms with E-state index in [1.165, 1.54) is 6.33 Å². The normalized spacial score (nSPS) is 23.9. The van der Waals surface area contributed by atoms with E-state index in [0.717, 1.165) is 44.1 Å². The Morgan fingerprint density at radius 1 is 1.24 bits per heavy atom. The predicted molar refractivity (Wildman–Crippen MR) is 107 cm³/mol. The van der Waals surface area contributed by atoms with Gasteiger partial charge in [0.15, 0.2) is 5.60 Å². The standard InChI is InChI=1S/C19H29N7O3/c1-15-12-16(26-18(22-15)20-14-21-26)24-8-6-23(7-9-24)13-19(28)4-3-5-25(17(19)27)10-11-29-2/h12,14,28H,3-11,13H2,1-2H3/t19-/m1/s1. The fourth-order valence-corrected chi connectivity index (χ4v) is 4.27. The lowest BCUT2D eigenvalue weighted by Gasteiger charge is -2.43. The Balaban J connectivity index is 1.39. The van der Waals surface area contributed by atoms with E-state index in [-0.39, 0.29) is 5.91 Å². The largest absolute Gasteiger partial charge is 0.383 e. The Hall–Kier alpha value is -2.30. The Kier molecular flexibility index (Phi) is 5.66. The van der Waals surface area contributed by atoms with Crippen molar-refractivity contribution >= 4 is 17.5 Å². The van der Waals surface area contributed by atoms with Gasteiger partial charge >= 0.3 is 0 Å². The van der Waals surface area contributed by atoms with E-state index in [1.54, 1.807) is 16.5 Å². The molecule has 0 unspecified atom stereocenters. The minimum atomic E-state index is -1.30. The summed E-state index contributed by atoms with van der Waals surface area (Å²) in [6.07, 6.45) is 2.84. The maximum Gasteiger partial charge on any atom is 0.255 e. The second-order valence-electron chi connectivity index (χ2n) is 7.91. The van der Waals surface area contributed by atoms with Crippen LogP contribution in [0.25, 0.3) is 5.78 Å². The zero-order valence-corrected chi connectivity index (χ0v) is 17.1. The first-order valence-corrected chi connectivity index (χ1v) is 10.2. The molecule has 158 valence electrons. The molecule has 1 amide bonds. The van der Waals surface area contributed by atoms with E-state index in [0.29, 0.717) is 38.4 Å². The SMILES string of the molecule is COCCN1CCC[C@@](O)(CN2CCN(c3cc(C)nc4ncnn34)CC2)C1=O. The number of piperidine rings is 1. The number of carbonyl (C=O) groups excluding carboxylic acids is 1. The van der Waals surface area contributed by atoms with Gasteiger partial charge in [0.2, 0.25) is 0 Å². The van der Waals surface area contributed by atoms with Crippen LogP contribution in [0.1, 0.15) is 18.5 Å². The lowest BCUT2D eigenvalue weighted by Crippen LogP contribution is -2.61. The third-order valence-electron chi connectivity index (χ3n) is 5.81. The molecule has 2 aromatic rings. The maximum atomic E-state index is 12.8. The van der Waals surface area contributed by atoms with Crippen LogP contribution in [0.15, 0.2) is 12.4 Å². The van der Waals surface area contributed by atoms with Crippen molar-refractivity contribution in [3.8, 4) is 0 Å². The number of anilines is 1. The van der Waals surface area contributed by atoms with Crippen molar-refractivity contribution in [3.63, 3.8) is 0 Å². The Morgan fingerprint density at radius 2 is 2.03 bits per heavy atom. The van der Waals surface area contributed by atoms with Gasteiger partial charge in [-0.1, -0.05) is 0 Å². The molecule has 10 nitrogen and oxygen atoms in total. The summed E-state index contributed by atoms with van der Waals surface area (Å²) in [4.78, 5) is 27.6. The molecular formula is C19H29N7O3. The number of fused-ring (bicyclic) bond motifs is 1. The van der Waals surface area contributed by atoms with Crippen LogP contribution < -0.4 is 4.90 Å². The highest BCUT2D eigenvalue weighted by Gasteiger charge is 2.43. The first-order chi connectivity index (χ1) is 14.0. The zero-order valence-electron chi connectivity index (χ0n) is 17.1. The van der Waals surface area contributed by atoms with E-state index in [9.17, 15) is 9.90 Å². The molecule has 0 aliphatic carbocycles. The van der Waals surface area contributed by atoms with Crippen molar-refractivity contribution in [2.75, 3.05) is 64.4 Å². The average Bonchev–Trinajstić information content (AvgIpc) is 3.17. The number of β-amino-alcohol motifs (C(OH)–C–C–N with tert-alkyl or cyclic N) is 1. The number of methoxy groups -OCH3 is 1. The van der Waals surface area contributed by atoms with Gasteiger partial charge in [0.05, 0.1) is 6.61 Å². The molecule has 0 radical (unpaired) electrons. The van der Waals surface area contributed by atoms with Gasteiger partial charge in [-0.25, -0.2) is 4.98 Å². The van der Waals surface area contributed by atoms with Crippen LogP contribution in [0.3, 0.4) is 0 Å². The van der Waals surface area contributed by atoms with Crippen LogP contribution in [0.2, 0.25) is 0 Å². The molecule has 2 aliphatic heterocycles. The van der Waals surface area contributed by atoms with Crippen molar-refractivity contribution in [1.82, 2.24) is 29.4 Å². The number of amides is 1. The Morgan fingerprint density at radius 3 is 2.79 bits per heavy atom. The molecule has 2 fully saturated rings. The van der Waals surface area contributed by atoms with Crippen molar-refractivity contribution in [2.24, 2.45) is 0 Å². The summed E-state index contributed by atoms with van der Waals surface area (Å²) in [6, 6.07) is 2.02. The van der Waals surface area contributed by atoms with Crippen molar-refractivity contribution in [3.05, 3.63) is 18.1 Å². The molecule has 0 saturated carbocycles. The highest BCUT2D eigenvalue weighted by Crippen LogP contribution is 2.25. The number of ether oxygens (including phenoxy) is 1. The number of carbonyl (C=O) groups is 1. The molecule has 2 aliphatic rings. The van der Waals surface area contributed by atoms with Gasteiger partial charge in [-0.15, -0.1) is 0 Å². The summed E-state index contributed by atoms with van der Waals surface area (Å²) in [5.41, 5.74) is -0.401. The fraction of sp³-hybridized carbons (Fsp3) is 0.684. The fourth-order valence-electron chi connectivity index (χ4n) is 4.27. The average molecular weight is 403 g/mol. The first kappa shape index (κ1) is 20.0. The van der Waals surface area contributed by atoms with Crippen LogP contribution >= 0.6 is 0 Å². The van der Waals surface area contributed by atoms with Gasteiger partial charge in [-0.2, -0.15) is 14.6 Å². The molecule has 4 rings (SSSR count). The first-order valence-electron chi connectivity index (χ1n) is 10.2. The lowest BCUT2D eigenvalue weighted by molar-refractivity contribution is -0.160. The molecular weight excluding hydrogens is 374 g/mol. The number of piperazine rings is 1. The van der Waals surface area contributed by atoms with Gasteiger partial charge in [0.25, 0.3) is 11.7 Å². The van der Waals surface area contributed by atoms with E-state index in [4.69, 9.17) is 4.74 Å². The second kappa shape index (κ2) is 8.21. The zero-order chi connectivity index (χ0) is 20.4. The molecule has 10 heteroatoms. The van der Waals surface area contributed by atoms with E-state index < -0.39 is 5.60 Å². The van der Waals surface area contributed by atoms with Crippen molar-refractivity contribution in [1.29, 1.82) is 0 Å². The molecule has 1 N–H and O–H groups in total. The number of aliphatic hydroxyl groups is 1. The Bertz CT molecular complexity index is 865. The second-order valence-corrected chi connectivity index (χ2v) is 7.91. The van der Waals surface area contributed by atoms with Crippen LogP contribution in [-0.2, 0) is 9.53 Å². The number of aromatic nitrogens is 4. The number of nitrogens with zero attached hydrogens (tertiary/aromatic N) is 7. The summed E-state index contributed by atoms with van der Waals surface area (Å²) >= 11 is 0. The number of likely N-dealkylation sites (tertiary alicyclic amines) is 1. The highest BCUT2D eigenvalue weighted by atomic mass is 16.5. The topological polar surface area (TPSA) is 99.3 Å². The van der Waals surface area contributed by atoms with E-state index >= 15 is 0 Å². The summed E-state index contributed by atoms with van der Waals surface area (Å²) in [6.45, 7) is 7.14. The molecule has 0 bridgehead atoms. The molecule has 0 spiro atoms. The summed E-state index contributed by atoms with van der Waals surface area (Å²) in [5.74, 6) is 1.40.